The minimum atomic E-state index is -0.819. The van der Waals surface area contributed by atoms with Crippen LogP contribution in [0.4, 0.5) is 0 Å². The van der Waals surface area contributed by atoms with Crippen LogP contribution in [0.3, 0.4) is 0 Å². The average molecular weight is 568 g/mol. The van der Waals surface area contributed by atoms with Gasteiger partial charge in [0.05, 0.1) is 42.3 Å². The van der Waals surface area contributed by atoms with Crippen LogP contribution in [-0.2, 0) is 9.59 Å². The van der Waals surface area contributed by atoms with Crippen molar-refractivity contribution in [2.45, 2.75) is 83.3 Å². The van der Waals surface area contributed by atoms with E-state index in [9.17, 15) is 29.9 Å². The summed E-state index contributed by atoms with van der Waals surface area (Å²) in [6.07, 6.45) is 7.39. The molecule has 0 spiro atoms. The number of hydrogen-bond acceptors (Lipinski definition) is 7. The molecule has 10 heteroatoms. The van der Waals surface area contributed by atoms with Gasteiger partial charge in [0.25, 0.3) is 5.91 Å². The zero-order chi connectivity index (χ0) is 29.4. The number of carbonyl (C=O) groups is 3. The Morgan fingerprint density at radius 1 is 1.07 bits per heavy atom. The number of hydrogen-bond donors (Lipinski definition) is 4. The number of nitrogens with zero attached hydrogens (tertiary/aromatic N) is 1. The molecule has 41 heavy (non-hydrogen) atoms. The van der Waals surface area contributed by atoms with E-state index in [-0.39, 0.29) is 76.4 Å². The standard InChI is InChI=1S/C31H41N3O7/c1-30(29(38)39)10-6-21(7-11-30)41-23-14-22(24(40-2)13-20(23)15-32)27(36)34-26-19-5-4-18(12-19)25(26)28(37)33-16-31(17-35)8-3-9-31/h13-14,18-19,21,25-26,35H,3-12,16-17H2,1-2H3,(H,33,37)(H,34,36)(H,38,39)/t18-,19+,21?,25+,26-,30?/m1/s1. The molecule has 4 aliphatic rings. The van der Waals surface area contributed by atoms with E-state index in [4.69, 9.17) is 9.47 Å². The molecule has 0 heterocycles. The number of carbonyl (C=O) groups excluding carboxylic acids is 2. The van der Waals surface area contributed by atoms with Crippen LogP contribution in [0, 0.1) is 39.9 Å². The van der Waals surface area contributed by atoms with Crippen molar-refractivity contribution in [1.29, 1.82) is 5.26 Å². The van der Waals surface area contributed by atoms with Crippen molar-refractivity contribution in [2.75, 3.05) is 20.3 Å². The minimum Gasteiger partial charge on any atom is -0.496 e. The van der Waals surface area contributed by atoms with E-state index in [1.807, 2.05) is 0 Å². The summed E-state index contributed by atoms with van der Waals surface area (Å²) in [4.78, 5) is 38.7. The van der Waals surface area contributed by atoms with Crippen LogP contribution < -0.4 is 20.1 Å². The van der Waals surface area contributed by atoms with Gasteiger partial charge in [-0.2, -0.15) is 5.26 Å². The number of nitrogens with one attached hydrogen (secondary N) is 2. The number of aliphatic carboxylic acids is 1. The van der Waals surface area contributed by atoms with Gasteiger partial charge in [-0.3, -0.25) is 14.4 Å². The predicted molar refractivity (Wildman–Crippen MR) is 148 cm³/mol. The van der Waals surface area contributed by atoms with Gasteiger partial charge in [0.1, 0.15) is 17.6 Å². The Morgan fingerprint density at radius 2 is 1.78 bits per heavy atom. The first-order chi connectivity index (χ1) is 19.6. The topological polar surface area (TPSA) is 158 Å². The lowest BCUT2D eigenvalue weighted by molar-refractivity contribution is -0.150. The molecule has 4 atom stereocenters. The Hall–Kier alpha value is -3.32. The number of ether oxygens (including phenoxy) is 2. The molecule has 0 aromatic heterocycles. The second kappa shape index (κ2) is 11.5. The van der Waals surface area contributed by atoms with Gasteiger partial charge >= 0.3 is 5.97 Å². The van der Waals surface area contributed by atoms with Gasteiger partial charge < -0.3 is 30.3 Å². The van der Waals surface area contributed by atoms with Gasteiger partial charge in [-0.05, 0) is 82.6 Å². The quantitative estimate of drug-likeness (QED) is 0.335. The van der Waals surface area contributed by atoms with Crippen LogP contribution >= 0.6 is 0 Å². The third kappa shape index (κ3) is 5.61. The third-order valence-electron chi connectivity index (χ3n) is 10.4. The number of methoxy groups -OCH3 is 1. The molecule has 0 saturated heterocycles. The molecule has 0 unspecified atom stereocenters. The van der Waals surface area contributed by atoms with Gasteiger partial charge in [0.2, 0.25) is 5.91 Å². The Morgan fingerprint density at radius 3 is 2.37 bits per heavy atom. The predicted octanol–water partition coefficient (Wildman–Crippen LogP) is 3.40. The van der Waals surface area contributed by atoms with Crippen LogP contribution in [0.1, 0.15) is 87.1 Å². The number of fused-ring (bicyclic) bond motifs is 2. The van der Waals surface area contributed by atoms with E-state index in [1.165, 1.54) is 19.2 Å². The van der Waals surface area contributed by atoms with E-state index in [1.54, 1.807) is 6.92 Å². The summed E-state index contributed by atoms with van der Waals surface area (Å²) in [6.45, 7) is 2.25. The maximum absolute atomic E-state index is 13.7. The zero-order valence-electron chi connectivity index (χ0n) is 23.9. The van der Waals surface area contributed by atoms with Crippen molar-refractivity contribution in [3.8, 4) is 17.6 Å². The van der Waals surface area contributed by atoms with Gasteiger partial charge in [-0.25, -0.2) is 0 Å². The summed E-state index contributed by atoms with van der Waals surface area (Å²) >= 11 is 0. The Kier molecular flexibility index (Phi) is 8.20. The molecule has 4 saturated carbocycles. The Balaban J connectivity index is 1.31. The van der Waals surface area contributed by atoms with Crippen molar-refractivity contribution in [1.82, 2.24) is 10.6 Å². The molecular formula is C31H41N3O7. The number of nitriles is 1. The second-order valence-corrected chi connectivity index (χ2v) is 12.9. The van der Waals surface area contributed by atoms with Crippen LogP contribution in [0.5, 0.6) is 11.5 Å². The summed E-state index contributed by atoms with van der Waals surface area (Å²) in [7, 11) is 1.44. The number of carboxylic acids is 1. The first-order valence-corrected chi connectivity index (χ1v) is 14.8. The summed E-state index contributed by atoms with van der Waals surface area (Å²) in [5, 5.41) is 35.3. The fraction of sp³-hybridized carbons (Fsp3) is 0.677. The van der Waals surface area contributed by atoms with Crippen LogP contribution in [0.25, 0.3) is 0 Å². The highest BCUT2D eigenvalue weighted by atomic mass is 16.5. The SMILES string of the molecule is COc1cc(C#N)c(OC2CCC(C)(C(=O)O)CC2)cc1C(=O)N[C@@H]1[C@H]2CC[C@H](C2)[C@@H]1C(=O)NCC1(CO)CCC1. The smallest absolute Gasteiger partial charge is 0.309 e. The van der Waals surface area contributed by atoms with Crippen molar-refractivity contribution in [2.24, 2.45) is 28.6 Å². The largest absolute Gasteiger partial charge is 0.496 e. The molecule has 10 nitrogen and oxygen atoms in total. The molecule has 4 aliphatic carbocycles. The van der Waals surface area contributed by atoms with Crippen LogP contribution in [0.15, 0.2) is 12.1 Å². The summed E-state index contributed by atoms with van der Waals surface area (Å²) in [6, 6.07) is 4.82. The van der Waals surface area contributed by atoms with E-state index in [2.05, 4.69) is 16.7 Å². The number of aliphatic hydroxyl groups excluding tert-OH is 1. The van der Waals surface area contributed by atoms with Gasteiger partial charge in [-0.15, -0.1) is 0 Å². The molecule has 4 N–H and O–H groups in total. The summed E-state index contributed by atoms with van der Waals surface area (Å²) < 4.78 is 11.7. The third-order valence-corrected chi connectivity index (χ3v) is 10.4. The highest BCUT2D eigenvalue weighted by Gasteiger charge is 2.52. The average Bonchev–Trinajstić information content (AvgIpc) is 3.55. The zero-order valence-corrected chi connectivity index (χ0v) is 23.9. The highest BCUT2D eigenvalue weighted by Crippen LogP contribution is 2.49. The fourth-order valence-electron chi connectivity index (χ4n) is 7.40. The van der Waals surface area contributed by atoms with E-state index in [0.29, 0.717) is 32.2 Å². The first-order valence-electron chi connectivity index (χ1n) is 14.8. The van der Waals surface area contributed by atoms with Gasteiger partial charge in [-0.1, -0.05) is 6.42 Å². The number of aliphatic hydroxyl groups is 1. The minimum absolute atomic E-state index is 0.0623. The van der Waals surface area contributed by atoms with E-state index < -0.39 is 11.4 Å². The molecule has 2 bridgehead atoms. The van der Waals surface area contributed by atoms with Crippen molar-refractivity contribution in [3.63, 3.8) is 0 Å². The lowest BCUT2D eigenvalue weighted by atomic mass is 9.69. The molecule has 0 radical (unpaired) electrons. The van der Waals surface area contributed by atoms with E-state index >= 15 is 0 Å². The molecule has 1 aromatic carbocycles. The lowest BCUT2D eigenvalue weighted by Gasteiger charge is -2.41. The number of rotatable bonds is 10. The van der Waals surface area contributed by atoms with Crippen LogP contribution in [0.2, 0.25) is 0 Å². The summed E-state index contributed by atoms with van der Waals surface area (Å²) in [5.74, 6) is -0.683. The Labute approximate surface area is 240 Å². The normalized spacial score (nSPS) is 31.4. The summed E-state index contributed by atoms with van der Waals surface area (Å²) in [5.41, 5.74) is -0.550. The maximum Gasteiger partial charge on any atom is 0.309 e. The molecule has 222 valence electrons. The first kappa shape index (κ1) is 29.2. The Bertz CT molecular complexity index is 1220. The van der Waals surface area contributed by atoms with Crippen molar-refractivity contribution >= 4 is 17.8 Å². The maximum atomic E-state index is 13.7. The van der Waals surface area contributed by atoms with E-state index in [0.717, 1.165) is 38.5 Å². The highest BCUT2D eigenvalue weighted by molar-refractivity contribution is 5.98. The van der Waals surface area contributed by atoms with Crippen molar-refractivity contribution in [3.05, 3.63) is 23.3 Å². The second-order valence-electron chi connectivity index (χ2n) is 12.9. The molecular weight excluding hydrogens is 526 g/mol. The number of amides is 2. The number of benzene rings is 1. The van der Waals surface area contributed by atoms with Gasteiger partial charge in [0, 0.05) is 24.1 Å². The molecule has 2 amide bonds. The fourth-order valence-corrected chi connectivity index (χ4v) is 7.40. The lowest BCUT2D eigenvalue weighted by Crippen LogP contribution is -2.52. The van der Waals surface area contributed by atoms with Gasteiger partial charge in [0.15, 0.2) is 0 Å². The molecule has 4 fully saturated rings. The molecule has 1 aromatic rings. The molecule has 5 rings (SSSR count). The van der Waals surface area contributed by atoms with Crippen molar-refractivity contribution < 1.29 is 34.1 Å². The molecule has 0 aliphatic heterocycles. The monoisotopic (exact) mass is 567 g/mol. The van der Waals surface area contributed by atoms with Crippen LogP contribution in [-0.4, -0.2) is 60.4 Å². The number of carboxylic acid groups (broad SMARTS) is 1.